The Morgan fingerprint density at radius 2 is 1.92 bits per heavy atom. The summed E-state index contributed by atoms with van der Waals surface area (Å²) < 4.78 is 11.4. The second kappa shape index (κ2) is 6.75. The number of aliphatic hydroxyl groups is 1. The average molecular weight is 344 g/mol. The monoisotopic (exact) mass is 344 g/mol. The van der Waals surface area contributed by atoms with Gasteiger partial charge in [0.25, 0.3) is 0 Å². The van der Waals surface area contributed by atoms with E-state index in [0.29, 0.717) is 17.0 Å². The summed E-state index contributed by atoms with van der Waals surface area (Å²) in [5.41, 5.74) is 1.99. The summed E-state index contributed by atoms with van der Waals surface area (Å²) in [6.07, 6.45) is 3.11. The maximum Gasteiger partial charge on any atom is 0.320 e. The van der Waals surface area contributed by atoms with Crippen molar-refractivity contribution in [2.45, 2.75) is 23.3 Å². The zero-order chi connectivity index (χ0) is 17.2. The van der Waals surface area contributed by atoms with Crippen molar-refractivity contribution in [3.63, 3.8) is 0 Å². The van der Waals surface area contributed by atoms with Gasteiger partial charge >= 0.3 is 6.03 Å². The lowest BCUT2D eigenvalue weighted by molar-refractivity contribution is 0.164. The van der Waals surface area contributed by atoms with Crippen LogP contribution in [-0.2, 0) is 22.8 Å². The molecule has 1 aliphatic rings. The number of rotatable bonds is 4. The number of amides is 2. The molecule has 24 heavy (non-hydrogen) atoms. The second-order valence-corrected chi connectivity index (χ2v) is 7.33. The molecule has 0 bridgehead atoms. The molecule has 3 rings (SSSR count). The summed E-state index contributed by atoms with van der Waals surface area (Å²) in [6.45, 7) is -0.148. The van der Waals surface area contributed by atoms with Crippen molar-refractivity contribution in [2.75, 3.05) is 18.2 Å². The second-order valence-electron chi connectivity index (χ2n) is 5.95. The highest BCUT2D eigenvalue weighted by atomic mass is 32.2. The molecule has 0 saturated carbocycles. The third-order valence-corrected chi connectivity index (χ3v) is 5.36. The molecule has 0 heterocycles. The van der Waals surface area contributed by atoms with E-state index in [-0.39, 0.29) is 12.6 Å². The molecular formula is C18H20N2O3S. The lowest BCUT2D eigenvalue weighted by atomic mass is 9.93. The number of carbonyl (C=O) groups excluding carboxylic acids is 1. The molecule has 0 saturated heterocycles. The van der Waals surface area contributed by atoms with E-state index in [4.69, 9.17) is 0 Å². The average Bonchev–Trinajstić information content (AvgIpc) is 2.94. The van der Waals surface area contributed by atoms with Gasteiger partial charge in [-0.2, -0.15) is 0 Å². The van der Waals surface area contributed by atoms with Gasteiger partial charge in [0, 0.05) is 27.6 Å². The Balaban J connectivity index is 1.73. The molecule has 0 spiro atoms. The largest absolute Gasteiger partial charge is 0.394 e. The quantitative estimate of drug-likeness (QED) is 0.797. The van der Waals surface area contributed by atoms with E-state index in [9.17, 15) is 14.1 Å². The van der Waals surface area contributed by atoms with Crippen LogP contribution in [0.3, 0.4) is 0 Å². The first-order chi connectivity index (χ1) is 11.5. The predicted molar refractivity (Wildman–Crippen MR) is 94.5 cm³/mol. The summed E-state index contributed by atoms with van der Waals surface area (Å²) >= 11 is 0. The van der Waals surface area contributed by atoms with Crippen LogP contribution in [-0.4, -0.2) is 28.2 Å². The Morgan fingerprint density at radius 3 is 2.58 bits per heavy atom. The number of hydrogen-bond acceptors (Lipinski definition) is 3. The van der Waals surface area contributed by atoms with E-state index in [0.717, 1.165) is 17.5 Å². The van der Waals surface area contributed by atoms with E-state index in [2.05, 4.69) is 10.6 Å². The van der Waals surface area contributed by atoms with Gasteiger partial charge in [0.2, 0.25) is 0 Å². The minimum absolute atomic E-state index is 0.148. The maximum absolute atomic E-state index is 12.4. The van der Waals surface area contributed by atoms with Crippen LogP contribution in [0.25, 0.3) is 0 Å². The van der Waals surface area contributed by atoms with E-state index in [1.807, 2.05) is 24.3 Å². The number of fused-ring (bicyclic) bond motifs is 1. The molecule has 3 N–H and O–H groups in total. The van der Waals surface area contributed by atoms with E-state index in [1.165, 1.54) is 0 Å². The number of urea groups is 1. The van der Waals surface area contributed by atoms with E-state index >= 15 is 0 Å². The molecule has 2 aromatic carbocycles. The zero-order valence-corrected chi connectivity index (χ0v) is 14.2. The first-order valence-electron chi connectivity index (χ1n) is 7.76. The zero-order valence-electron chi connectivity index (χ0n) is 13.4. The Hall–Kier alpha value is -2.18. The van der Waals surface area contributed by atoms with Crippen molar-refractivity contribution in [3.05, 3.63) is 59.7 Å². The van der Waals surface area contributed by atoms with Crippen LogP contribution >= 0.6 is 0 Å². The summed E-state index contributed by atoms with van der Waals surface area (Å²) in [5.74, 6) is 0. The van der Waals surface area contributed by atoms with Crippen molar-refractivity contribution in [3.8, 4) is 0 Å². The Labute approximate surface area is 143 Å². The summed E-state index contributed by atoms with van der Waals surface area (Å²) in [4.78, 5) is 13.1. The molecule has 0 aromatic heterocycles. The van der Waals surface area contributed by atoms with Gasteiger partial charge in [-0.1, -0.05) is 24.3 Å². The smallest absolute Gasteiger partial charge is 0.320 e. The first kappa shape index (κ1) is 16.7. The number of aliphatic hydroxyl groups excluding tert-OH is 1. The number of carbonyl (C=O) groups is 1. The van der Waals surface area contributed by atoms with Crippen molar-refractivity contribution in [1.82, 2.24) is 5.32 Å². The summed E-state index contributed by atoms with van der Waals surface area (Å²) in [5, 5.41) is 15.6. The number of nitrogens with one attached hydrogen (secondary N) is 2. The Bertz CT molecular complexity index is 776. The predicted octanol–water partition coefficient (Wildman–Crippen LogP) is 2.38. The maximum atomic E-state index is 12.4. The minimum atomic E-state index is -1.05. The van der Waals surface area contributed by atoms with Gasteiger partial charge in [0.05, 0.1) is 12.1 Å². The molecule has 1 aliphatic carbocycles. The van der Waals surface area contributed by atoms with Gasteiger partial charge in [-0.05, 0) is 48.2 Å². The van der Waals surface area contributed by atoms with Crippen LogP contribution in [0.1, 0.15) is 17.5 Å². The van der Waals surface area contributed by atoms with E-state index < -0.39 is 16.3 Å². The molecule has 2 aromatic rings. The highest BCUT2D eigenvalue weighted by molar-refractivity contribution is 7.84. The third kappa shape index (κ3) is 3.20. The van der Waals surface area contributed by atoms with Crippen molar-refractivity contribution >= 4 is 22.5 Å². The van der Waals surface area contributed by atoms with Gasteiger partial charge in [-0.3, -0.25) is 4.21 Å². The fourth-order valence-electron chi connectivity index (χ4n) is 3.13. The Morgan fingerprint density at radius 1 is 1.21 bits per heavy atom. The highest BCUT2D eigenvalue weighted by Gasteiger charge is 2.39. The van der Waals surface area contributed by atoms with Crippen LogP contribution in [0, 0.1) is 0 Å². The normalized spacial score (nSPS) is 20.2. The summed E-state index contributed by atoms with van der Waals surface area (Å²) in [6, 6.07) is 14.3. The van der Waals surface area contributed by atoms with Crippen molar-refractivity contribution in [1.29, 1.82) is 0 Å². The lowest BCUT2D eigenvalue weighted by Gasteiger charge is -2.29. The van der Waals surface area contributed by atoms with Crippen LogP contribution < -0.4 is 10.6 Å². The van der Waals surface area contributed by atoms with Gasteiger partial charge in [0.1, 0.15) is 0 Å². The highest BCUT2D eigenvalue weighted by Crippen LogP contribution is 2.36. The number of anilines is 1. The van der Waals surface area contributed by atoms with Crippen LogP contribution in [0.4, 0.5) is 10.5 Å². The molecule has 6 heteroatoms. The fraction of sp³-hybridized carbons (Fsp3) is 0.278. The number of hydrogen-bond donors (Lipinski definition) is 3. The van der Waals surface area contributed by atoms with Crippen LogP contribution in [0.5, 0.6) is 0 Å². The van der Waals surface area contributed by atoms with Gasteiger partial charge in [0.15, 0.2) is 0 Å². The minimum Gasteiger partial charge on any atom is -0.394 e. The number of benzene rings is 2. The first-order valence-corrected chi connectivity index (χ1v) is 9.32. The molecule has 0 aliphatic heterocycles. The number of aryl methyl sites for hydroxylation is 1. The van der Waals surface area contributed by atoms with Crippen LogP contribution in [0.2, 0.25) is 0 Å². The molecule has 2 unspecified atom stereocenters. The van der Waals surface area contributed by atoms with Crippen molar-refractivity contribution < 1.29 is 14.1 Å². The van der Waals surface area contributed by atoms with Crippen LogP contribution in [0.15, 0.2) is 53.4 Å². The lowest BCUT2D eigenvalue weighted by Crippen LogP contribution is -2.48. The van der Waals surface area contributed by atoms with Gasteiger partial charge in [-0.15, -0.1) is 0 Å². The molecule has 2 amide bonds. The van der Waals surface area contributed by atoms with Gasteiger partial charge < -0.3 is 15.7 Å². The molecule has 126 valence electrons. The van der Waals surface area contributed by atoms with E-state index in [1.54, 1.807) is 30.5 Å². The van der Waals surface area contributed by atoms with Crippen molar-refractivity contribution in [2.24, 2.45) is 0 Å². The third-order valence-electron chi connectivity index (χ3n) is 4.42. The molecule has 0 fully saturated rings. The molecule has 5 nitrogen and oxygen atoms in total. The molecule has 2 atom stereocenters. The standard InChI is InChI=1S/C18H20N2O3S/c1-24(23)15-8-6-14(7-9-15)19-17(22)20-18(12-21)11-10-13-4-2-3-5-16(13)18/h2-9,21H,10-12H2,1H3,(H2,19,20,22). The molecular weight excluding hydrogens is 324 g/mol. The van der Waals surface area contributed by atoms with Gasteiger partial charge in [-0.25, -0.2) is 4.79 Å². The summed E-state index contributed by atoms with van der Waals surface area (Å²) in [7, 11) is -1.05. The topological polar surface area (TPSA) is 78.4 Å². The fourth-order valence-corrected chi connectivity index (χ4v) is 3.65. The Kier molecular flexibility index (Phi) is 4.69. The molecule has 0 radical (unpaired) electrons. The SMILES string of the molecule is CS(=O)c1ccc(NC(=O)NC2(CO)CCc3ccccc32)cc1.